The van der Waals surface area contributed by atoms with Gasteiger partial charge < -0.3 is 21.8 Å². The highest BCUT2D eigenvalue weighted by molar-refractivity contribution is 5.83. The number of aromatic nitrogens is 1. The van der Waals surface area contributed by atoms with Gasteiger partial charge in [-0.1, -0.05) is 18.2 Å². The fourth-order valence-electron chi connectivity index (χ4n) is 2.05. The molecular weight excluding hydrogens is 254 g/mol. The third-order valence-electron chi connectivity index (χ3n) is 3.02. The highest BCUT2D eigenvalue weighted by Crippen LogP contribution is 2.17. The number of nitrogens with two attached hydrogens (primary N) is 2. The second-order valence-corrected chi connectivity index (χ2v) is 4.52. The molecule has 6 nitrogen and oxygen atoms in total. The maximum Gasteiger partial charge on any atom is 0.221 e. The van der Waals surface area contributed by atoms with Crippen LogP contribution in [0.25, 0.3) is 10.9 Å². The number of nitrogens with zero attached hydrogens (tertiary/aromatic N) is 1. The van der Waals surface area contributed by atoms with Crippen LogP contribution in [-0.2, 0) is 11.2 Å². The maximum absolute atomic E-state index is 11.5. The van der Waals surface area contributed by atoms with Gasteiger partial charge in [-0.2, -0.15) is 0 Å². The number of amides is 1. The summed E-state index contributed by atoms with van der Waals surface area (Å²) in [7, 11) is 0. The van der Waals surface area contributed by atoms with Crippen molar-refractivity contribution in [2.45, 2.75) is 12.8 Å². The number of H-pyrrole nitrogens is 1. The fourth-order valence-corrected chi connectivity index (χ4v) is 2.05. The maximum atomic E-state index is 11.5. The van der Waals surface area contributed by atoms with Crippen molar-refractivity contribution in [3.63, 3.8) is 0 Å². The molecule has 0 spiro atoms. The van der Waals surface area contributed by atoms with Gasteiger partial charge in [0.2, 0.25) is 5.91 Å². The molecule has 2 rings (SSSR count). The van der Waals surface area contributed by atoms with Crippen molar-refractivity contribution in [2.75, 3.05) is 13.1 Å². The molecule has 0 bridgehead atoms. The van der Waals surface area contributed by atoms with Crippen LogP contribution in [-0.4, -0.2) is 29.9 Å². The Labute approximate surface area is 117 Å². The first-order valence-electron chi connectivity index (χ1n) is 6.54. The quantitative estimate of drug-likeness (QED) is 0.454. The van der Waals surface area contributed by atoms with E-state index in [1.54, 1.807) is 0 Å². The molecule has 0 saturated heterocycles. The fraction of sp³-hybridized carbons (Fsp3) is 0.286. The Kier molecular flexibility index (Phi) is 4.60. The number of carbonyl (C=O) groups is 1. The first kappa shape index (κ1) is 13.9. The SMILES string of the molecule is NC(N)=NCCC(=O)NCCc1c[nH]c2ccccc12. The largest absolute Gasteiger partial charge is 0.370 e. The summed E-state index contributed by atoms with van der Waals surface area (Å²) in [6, 6.07) is 8.11. The lowest BCUT2D eigenvalue weighted by atomic mass is 10.1. The van der Waals surface area contributed by atoms with Gasteiger partial charge >= 0.3 is 0 Å². The summed E-state index contributed by atoms with van der Waals surface area (Å²) < 4.78 is 0. The summed E-state index contributed by atoms with van der Waals surface area (Å²) in [4.78, 5) is 18.5. The monoisotopic (exact) mass is 273 g/mol. The second kappa shape index (κ2) is 6.60. The van der Waals surface area contributed by atoms with Gasteiger partial charge in [-0.15, -0.1) is 0 Å². The van der Waals surface area contributed by atoms with E-state index in [0.717, 1.165) is 11.9 Å². The van der Waals surface area contributed by atoms with Crippen LogP contribution in [0.4, 0.5) is 0 Å². The number of rotatable bonds is 6. The molecular formula is C14H19N5O. The average molecular weight is 273 g/mol. The van der Waals surface area contributed by atoms with E-state index in [0.29, 0.717) is 19.5 Å². The van der Waals surface area contributed by atoms with Crippen molar-refractivity contribution in [2.24, 2.45) is 16.5 Å². The number of fused-ring (bicyclic) bond motifs is 1. The Bertz CT molecular complexity index is 613. The van der Waals surface area contributed by atoms with Gasteiger partial charge in [-0.3, -0.25) is 9.79 Å². The summed E-state index contributed by atoms with van der Waals surface area (Å²) >= 11 is 0. The van der Waals surface area contributed by atoms with Gasteiger partial charge in [0.1, 0.15) is 0 Å². The van der Waals surface area contributed by atoms with Crippen LogP contribution in [0.5, 0.6) is 0 Å². The lowest BCUT2D eigenvalue weighted by Gasteiger charge is -2.03. The van der Waals surface area contributed by atoms with Crippen molar-refractivity contribution in [1.29, 1.82) is 0 Å². The first-order chi connectivity index (χ1) is 9.66. The number of benzene rings is 1. The Balaban J connectivity index is 1.78. The molecule has 0 saturated carbocycles. The summed E-state index contributed by atoms with van der Waals surface area (Å²) in [5, 5.41) is 4.05. The number of carbonyl (C=O) groups excluding carboxylic acids is 1. The molecule has 106 valence electrons. The summed E-state index contributed by atoms with van der Waals surface area (Å²) in [6.07, 6.45) is 3.07. The van der Waals surface area contributed by atoms with Crippen LogP contribution in [0.15, 0.2) is 35.5 Å². The number of aliphatic imine (C=N–C) groups is 1. The smallest absolute Gasteiger partial charge is 0.221 e. The van der Waals surface area contributed by atoms with E-state index in [1.165, 1.54) is 10.9 Å². The molecule has 1 aromatic carbocycles. The molecule has 6 heteroatoms. The van der Waals surface area contributed by atoms with Crippen molar-refractivity contribution >= 4 is 22.8 Å². The van der Waals surface area contributed by atoms with Gasteiger partial charge in [0.25, 0.3) is 0 Å². The number of hydrogen-bond acceptors (Lipinski definition) is 2. The zero-order valence-corrected chi connectivity index (χ0v) is 11.2. The third-order valence-corrected chi connectivity index (χ3v) is 3.02. The molecule has 0 atom stereocenters. The minimum absolute atomic E-state index is 0.0107. The average Bonchev–Trinajstić information content (AvgIpc) is 2.82. The van der Waals surface area contributed by atoms with E-state index in [9.17, 15) is 4.79 Å². The molecule has 2 aromatic rings. The summed E-state index contributed by atoms with van der Waals surface area (Å²) in [5.74, 6) is -0.0357. The zero-order valence-electron chi connectivity index (χ0n) is 11.2. The minimum Gasteiger partial charge on any atom is -0.370 e. The van der Waals surface area contributed by atoms with E-state index in [2.05, 4.69) is 21.4 Å². The van der Waals surface area contributed by atoms with E-state index >= 15 is 0 Å². The normalized spacial score (nSPS) is 10.4. The van der Waals surface area contributed by atoms with Gasteiger partial charge in [0.05, 0.1) is 6.54 Å². The highest BCUT2D eigenvalue weighted by atomic mass is 16.1. The summed E-state index contributed by atoms with van der Waals surface area (Å²) in [5.41, 5.74) is 12.7. The van der Waals surface area contributed by atoms with Crippen molar-refractivity contribution in [3.05, 3.63) is 36.0 Å². The Morgan fingerprint density at radius 3 is 2.90 bits per heavy atom. The topological polar surface area (TPSA) is 109 Å². The predicted octanol–water partition coefficient (Wildman–Crippen LogP) is 0.490. The van der Waals surface area contributed by atoms with Crippen molar-refractivity contribution in [3.8, 4) is 0 Å². The molecule has 0 aliphatic carbocycles. The van der Waals surface area contributed by atoms with E-state index < -0.39 is 0 Å². The molecule has 0 aliphatic rings. The lowest BCUT2D eigenvalue weighted by Crippen LogP contribution is -2.27. The number of nitrogens with one attached hydrogen (secondary N) is 2. The summed E-state index contributed by atoms with van der Waals surface area (Å²) in [6.45, 7) is 0.920. The van der Waals surface area contributed by atoms with Gasteiger partial charge in [-0.25, -0.2) is 0 Å². The molecule has 1 heterocycles. The van der Waals surface area contributed by atoms with Gasteiger partial charge in [-0.05, 0) is 18.1 Å². The number of aromatic amines is 1. The zero-order chi connectivity index (χ0) is 14.4. The van der Waals surface area contributed by atoms with Gasteiger partial charge in [0, 0.05) is 30.1 Å². The van der Waals surface area contributed by atoms with E-state index in [1.807, 2.05) is 24.4 Å². The molecule has 20 heavy (non-hydrogen) atoms. The van der Waals surface area contributed by atoms with Crippen LogP contribution in [0.3, 0.4) is 0 Å². The molecule has 1 aromatic heterocycles. The van der Waals surface area contributed by atoms with Crippen LogP contribution in [0, 0.1) is 0 Å². The lowest BCUT2D eigenvalue weighted by molar-refractivity contribution is -0.120. The highest BCUT2D eigenvalue weighted by Gasteiger charge is 2.04. The molecule has 6 N–H and O–H groups in total. The predicted molar refractivity (Wildman–Crippen MR) is 80.3 cm³/mol. The number of para-hydroxylation sites is 1. The molecule has 1 amide bonds. The standard InChI is InChI=1S/C14H19N5O/c15-14(16)18-8-6-13(20)17-7-5-10-9-19-12-4-2-1-3-11(10)12/h1-4,9,19H,5-8H2,(H,17,20)(H4,15,16,18). The number of guanidine groups is 1. The van der Waals surface area contributed by atoms with Crippen LogP contribution >= 0.6 is 0 Å². The number of hydrogen-bond donors (Lipinski definition) is 4. The van der Waals surface area contributed by atoms with Crippen LogP contribution in [0.2, 0.25) is 0 Å². The molecule has 0 radical (unpaired) electrons. The second-order valence-electron chi connectivity index (χ2n) is 4.52. The minimum atomic E-state index is -0.0464. The molecule has 0 unspecified atom stereocenters. The van der Waals surface area contributed by atoms with Crippen LogP contribution in [0.1, 0.15) is 12.0 Å². The van der Waals surface area contributed by atoms with Crippen molar-refractivity contribution in [1.82, 2.24) is 10.3 Å². The Hall–Kier alpha value is -2.50. The first-order valence-corrected chi connectivity index (χ1v) is 6.54. The van der Waals surface area contributed by atoms with Gasteiger partial charge in [0.15, 0.2) is 5.96 Å². The molecule has 0 fully saturated rings. The van der Waals surface area contributed by atoms with E-state index in [4.69, 9.17) is 11.5 Å². The Morgan fingerprint density at radius 2 is 2.10 bits per heavy atom. The van der Waals surface area contributed by atoms with E-state index in [-0.39, 0.29) is 11.9 Å². The third kappa shape index (κ3) is 3.74. The molecule has 0 aliphatic heterocycles. The van der Waals surface area contributed by atoms with Crippen molar-refractivity contribution < 1.29 is 4.79 Å². The Morgan fingerprint density at radius 1 is 1.30 bits per heavy atom. The van der Waals surface area contributed by atoms with Crippen LogP contribution < -0.4 is 16.8 Å².